The average molecular weight is 253 g/mol. The predicted octanol–water partition coefficient (Wildman–Crippen LogP) is 2.33. The first kappa shape index (κ1) is 12.1. The van der Waals surface area contributed by atoms with Crippen molar-refractivity contribution in [2.24, 2.45) is 5.90 Å². The van der Waals surface area contributed by atoms with Gasteiger partial charge in [0.2, 0.25) is 5.88 Å². The van der Waals surface area contributed by atoms with E-state index in [4.69, 9.17) is 22.2 Å². The monoisotopic (exact) mass is 252 g/mol. The molecule has 0 aliphatic rings. The van der Waals surface area contributed by atoms with Gasteiger partial charge in [-0.15, -0.1) is 0 Å². The first-order chi connectivity index (χ1) is 8.26. The summed E-state index contributed by atoms with van der Waals surface area (Å²) in [5, 5.41) is 1.59. The van der Waals surface area contributed by atoms with Gasteiger partial charge in [-0.25, -0.2) is 10.9 Å². The van der Waals surface area contributed by atoms with Crippen LogP contribution in [0.1, 0.15) is 5.56 Å². The molecule has 2 N–H and O–H groups in total. The Kier molecular flexibility index (Phi) is 3.78. The van der Waals surface area contributed by atoms with Crippen molar-refractivity contribution >= 4 is 22.5 Å². The molecule has 5 heteroatoms. The van der Waals surface area contributed by atoms with E-state index in [9.17, 15) is 0 Å². The Hall–Kier alpha value is -1.36. The highest BCUT2D eigenvalue weighted by molar-refractivity contribution is 6.36. The first-order valence-electron chi connectivity index (χ1n) is 5.20. The zero-order chi connectivity index (χ0) is 12.3. The van der Waals surface area contributed by atoms with E-state index in [2.05, 4.69) is 9.82 Å². The van der Waals surface area contributed by atoms with Crippen LogP contribution >= 0.6 is 11.6 Å². The number of halogens is 1. The number of hydrogen-bond acceptors (Lipinski definition) is 4. The lowest BCUT2D eigenvalue weighted by Crippen LogP contribution is -2.04. The molecular weight excluding hydrogens is 240 g/mol. The van der Waals surface area contributed by atoms with Crippen LogP contribution in [0.2, 0.25) is 5.02 Å². The number of nitrogens with zero attached hydrogens (tertiary/aromatic N) is 1. The maximum Gasteiger partial charge on any atom is 0.213 e. The minimum Gasteiger partial charge on any atom is -0.481 e. The summed E-state index contributed by atoms with van der Waals surface area (Å²) in [4.78, 5) is 8.87. The average Bonchev–Trinajstić information content (AvgIpc) is 2.37. The van der Waals surface area contributed by atoms with Gasteiger partial charge in [0.05, 0.1) is 24.3 Å². The summed E-state index contributed by atoms with van der Waals surface area (Å²) in [6.45, 7) is 0.439. The van der Waals surface area contributed by atoms with Gasteiger partial charge < -0.3 is 9.57 Å². The maximum absolute atomic E-state index is 6.30. The number of fused-ring (bicyclic) bond motifs is 1. The van der Waals surface area contributed by atoms with E-state index < -0.39 is 0 Å². The van der Waals surface area contributed by atoms with Crippen LogP contribution in [0, 0.1) is 0 Å². The Bertz CT molecular complexity index is 531. The third-order valence-electron chi connectivity index (χ3n) is 2.56. The van der Waals surface area contributed by atoms with E-state index in [0.29, 0.717) is 23.9 Å². The Balaban J connectivity index is 2.45. The van der Waals surface area contributed by atoms with E-state index in [1.807, 2.05) is 18.2 Å². The van der Waals surface area contributed by atoms with Crippen LogP contribution in [-0.2, 0) is 11.3 Å². The minimum atomic E-state index is 0.439. The fourth-order valence-electron chi connectivity index (χ4n) is 1.67. The van der Waals surface area contributed by atoms with Crippen LogP contribution < -0.4 is 10.6 Å². The normalized spacial score (nSPS) is 10.8. The van der Waals surface area contributed by atoms with Crippen molar-refractivity contribution < 1.29 is 9.57 Å². The van der Waals surface area contributed by atoms with Gasteiger partial charge >= 0.3 is 0 Å². The van der Waals surface area contributed by atoms with Crippen LogP contribution in [-0.4, -0.2) is 18.7 Å². The topological polar surface area (TPSA) is 57.4 Å². The third-order valence-corrected chi connectivity index (χ3v) is 3.00. The zero-order valence-corrected chi connectivity index (χ0v) is 10.2. The smallest absolute Gasteiger partial charge is 0.213 e. The number of pyridine rings is 1. The molecule has 1 aromatic carbocycles. The molecule has 2 aromatic rings. The largest absolute Gasteiger partial charge is 0.481 e. The molecule has 0 unspecified atom stereocenters. The van der Waals surface area contributed by atoms with Crippen LogP contribution in [0.3, 0.4) is 0 Å². The maximum atomic E-state index is 6.30. The third kappa shape index (κ3) is 2.49. The summed E-state index contributed by atoms with van der Waals surface area (Å²) in [5.74, 6) is 5.58. The molecule has 0 amide bonds. The van der Waals surface area contributed by atoms with Crippen molar-refractivity contribution in [2.75, 3.05) is 13.7 Å². The van der Waals surface area contributed by atoms with Crippen molar-refractivity contribution in [3.05, 3.63) is 34.9 Å². The Morgan fingerprint density at radius 1 is 1.29 bits per heavy atom. The van der Waals surface area contributed by atoms with Crippen LogP contribution in [0.5, 0.6) is 5.88 Å². The van der Waals surface area contributed by atoms with Gasteiger partial charge in [-0.3, -0.25) is 0 Å². The summed E-state index contributed by atoms with van der Waals surface area (Å²) in [7, 11) is 1.59. The molecule has 0 radical (unpaired) electrons. The van der Waals surface area contributed by atoms with Gasteiger partial charge in [-0.05, 0) is 24.1 Å². The SMILES string of the molecule is COc1ccc2c(Cl)c(CCON)ccc2n1. The fourth-order valence-corrected chi connectivity index (χ4v) is 1.99. The molecule has 0 atom stereocenters. The van der Waals surface area contributed by atoms with Crippen molar-refractivity contribution in [3.8, 4) is 5.88 Å². The summed E-state index contributed by atoms with van der Waals surface area (Å²) in [6, 6.07) is 7.53. The van der Waals surface area contributed by atoms with E-state index in [1.54, 1.807) is 13.2 Å². The van der Waals surface area contributed by atoms with Gasteiger partial charge in [0, 0.05) is 11.5 Å². The van der Waals surface area contributed by atoms with Gasteiger partial charge in [0.25, 0.3) is 0 Å². The second-order valence-electron chi connectivity index (χ2n) is 3.58. The second kappa shape index (κ2) is 5.31. The Morgan fingerprint density at radius 3 is 2.82 bits per heavy atom. The fraction of sp³-hybridized carbons (Fsp3) is 0.250. The minimum absolute atomic E-state index is 0.439. The van der Waals surface area contributed by atoms with E-state index in [-0.39, 0.29) is 0 Å². The lowest BCUT2D eigenvalue weighted by Gasteiger charge is -2.07. The van der Waals surface area contributed by atoms with Crippen LogP contribution in [0.25, 0.3) is 10.9 Å². The van der Waals surface area contributed by atoms with Crippen LogP contribution in [0.15, 0.2) is 24.3 Å². The second-order valence-corrected chi connectivity index (χ2v) is 3.96. The molecule has 0 fully saturated rings. The van der Waals surface area contributed by atoms with Gasteiger partial charge in [-0.1, -0.05) is 17.7 Å². The molecule has 0 aliphatic heterocycles. The highest BCUT2D eigenvalue weighted by Crippen LogP contribution is 2.28. The lowest BCUT2D eigenvalue weighted by molar-refractivity contribution is 0.141. The molecule has 4 nitrogen and oxygen atoms in total. The highest BCUT2D eigenvalue weighted by atomic mass is 35.5. The van der Waals surface area contributed by atoms with E-state index in [1.165, 1.54) is 0 Å². The molecule has 1 aromatic heterocycles. The van der Waals surface area contributed by atoms with Crippen molar-refractivity contribution in [3.63, 3.8) is 0 Å². The number of ether oxygens (including phenoxy) is 1. The van der Waals surface area contributed by atoms with Crippen molar-refractivity contribution in [1.82, 2.24) is 4.98 Å². The summed E-state index contributed by atoms with van der Waals surface area (Å²) in [5.41, 5.74) is 1.81. The number of methoxy groups -OCH3 is 1. The first-order valence-corrected chi connectivity index (χ1v) is 5.58. The van der Waals surface area contributed by atoms with Gasteiger partial charge in [0.1, 0.15) is 0 Å². The number of benzene rings is 1. The number of hydrogen-bond donors (Lipinski definition) is 1. The Morgan fingerprint density at radius 2 is 2.12 bits per heavy atom. The Labute approximate surface area is 104 Å². The molecule has 1 heterocycles. The lowest BCUT2D eigenvalue weighted by atomic mass is 10.1. The van der Waals surface area contributed by atoms with Gasteiger partial charge in [-0.2, -0.15) is 0 Å². The molecule has 17 heavy (non-hydrogen) atoms. The summed E-state index contributed by atoms with van der Waals surface area (Å²) < 4.78 is 5.07. The molecule has 0 saturated heterocycles. The molecule has 2 rings (SSSR count). The zero-order valence-electron chi connectivity index (χ0n) is 9.44. The molecular formula is C12H13ClN2O2. The van der Waals surface area contributed by atoms with E-state index >= 15 is 0 Å². The van der Waals surface area contributed by atoms with Crippen molar-refractivity contribution in [1.29, 1.82) is 0 Å². The predicted molar refractivity (Wildman–Crippen MR) is 67.1 cm³/mol. The summed E-state index contributed by atoms with van der Waals surface area (Å²) in [6.07, 6.45) is 0.678. The van der Waals surface area contributed by atoms with Gasteiger partial charge in [0.15, 0.2) is 0 Å². The van der Waals surface area contributed by atoms with Crippen molar-refractivity contribution in [2.45, 2.75) is 6.42 Å². The molecule has 0 aliphatic carbocycles. The van der Waals surface area contributed by atoms with Crippen LogP contribution in [0.4, 0.5) is 0 Å². The molecule has 0 spiro atoms. The number of rotatable bonds is 4. The number of nitrogens with two attached hydrogens (primary N) is 1. The highest BCUT2D eigenvalue weighted by Gasteiger charge is 2.07. The molecule has 90 valence electrons. The standard InChI is InChI=1S/C12H13ClN2O2/c1-16-11-5-3-9-10(15-11)4-2-8(12(9)13)6-7-17-14/h2-5H,6-7,14H2,1H3. The molecule has 0 saturated carbocycles. The molecule has 0 bridgehead atoms. The summed E-state index contributed by atoms with van der Waals surface area (Å²) >= 11 is 6.30. The number of aromatic nitrogens is 1. The van der Waals surface area contributed by atoms with E-state index in [0.717, 1.165) is 16.5 Å². The quantitative estimate of drug-likeness (QED) is 0.849.